The Morgan fingerprint density at radius 1 is 1.25 bits per heavy atom. The van der Waals surface area contributed by atoms with E-state index in [1.165, 1.54) is 31.4 Å². The second-order valence-electron chi connectivity index (χ2n) is 5.68. The normalized spacial score (nSPS) is 15.7. The molecular formula is C15H20N2O6S. The van der Waals surface area contributed by atoms with Crippen molar-refractivity contribution in [2.75, 3.05) is 26.8 Å². The summed E-state index contributed by atoms with van der Waals surface area (Å²) in [6, 6.07) is 5.43. The lowest BCUT2D eigenvalue weighted by Crippen LogP contribution is -2.34. The van der Waals surface area contributed by atoms with Crippen LogP contribution >= 0.6 is 0 Å². The fourth-order valence-corrected chi connectivity index (χ4v) is 3.13. The van der Waals surface area contributed by atoms with E-state index >= 15 is 0 Å². The Morgan fingerprint density at radius 2 is 1.88 bits per heavy atom. The summed E-state index contributed by atoms with van der Waals surface area (Å²) in [7, 11) is -2.18. The number of amides is 1. The average molecular weight is 356 g/mol. The number of carbonyl (C=O) groups excluding carboxylic acids is 1. The minimum absolute atomic E-state index is 0.0411. The first-order chi connectivity index (χ1) is 11.3. The molecule has 2 rings (SSSR count). The van der Waals surface area contributed by atoms with Gasteiger partial charge >= 0.3 is 5.97 Å². The Bertz CT molecular complexity index is 710. The molecule has 24 heavy (non-hydrogen) atoms. The van der Waals surface area contributed by atoms with Gasteiger partial charge in [0.1, 0.15) is 0 Å². The molecule has 0 heterocycles. The van der Waals surface area contributed by atoms with Gasteiger partial charge < -0.3 is 15.2 Å². The van der Waals surface area contributed by atoms with E-state index in [0.29, 0.717) is 12.8 Å². The van der Waals surface area contributed by atoms with Crippen LogP contribution in [0, 0.1) is 5.41 Å². The number of hydrogen-bond acceptors (Lipinski definition) is 5. The van der Waals surface area contributed by atoms with E-state index in [0.717, 1.165) is 0 Å². The summed E-state index contributed by atoms with van der Waals surface area (Å²) in [4.78, 5) is 23.1. The van der Waals surface area contributed by atoms with Crippen LogP contribution in [0.2, 0.25) is 0 Å². The van der Waals surface area contributed by atoms with Gasteiger partial charge in [-0.2, -0.15) is 0 Å². The third-order valence-corrected chi connectivity index (χ3v) is 5.40. The molecule has 0 bridgehead atoms. The molecule has 1 aliphatic carbocycles. The SMILES string of the molecule is COCCNS(=O)(=O)c1ccc(C(=O)NCC2(C(=O)O)CC2)cc1. The Labute approximate surface area is 140 Å². The van der Waals surface area contributed by atoms with Crippen molar-refractivity contribution in [3.8, 4) is 0 Å². The van der Waals surface area contributed by atoms with E-state index in [-0.39, 0.29) is 30.2 Å². The smallest absolute Gasteiger partial charge is 0.311 e. The maximum Gasteiger partial charge on any atom is 0.311 e. The zero-order valence-electron chi connectivity index (χ0n) is 13.2. The van der Waals surface area contributed by atoms with Crippen LogP contribution in [0.5, 0.6) is 0 Å². The van der Waals surface area contributed by atoms with Crippen LogP contribution in [-0.4, -0.2) is 52.2 Å². The van der Waals surface area contributed by atoms with Crippen molar-refractivity contribution >= 4 is 21.9 Å². The molecule has 0 aromatic heterocycles. The molecule has 1 saturated carbocycles. The monoisotopic (exact) mass is 356 g/mol. The van der Waals surface area contributed by atoms with Crippen molar-refractivity contribution in [2.45, 2.75) is 17.7 Å². The van der Waals surface area contributed by atoms with Gasteiger partial charge in [0.05, 0.1) is 16.9 Å². The zero-order valence-corrected chi connectivity index (χ0v) is 14.1. The van der Waals surface area contributed by atoms with Crippen LogP contribution in [0.3, 0.4) is 0 Å². The van der Waals surface area contributed by atoms with Crippen LogP contribution in [0.1, 0.15) is 23.2 Å². The fourth-order valence-electron chi connectivity index (χ4n) is 2.12. The molecule has 0 radical (unpaired) electrons. The average Bonchev–Trinajstić information content (AvgIpc) is 3.34. The molecule has 1 aromatic rings. The predicted octanol–water partition coefficient (Wildman–Crippen LogP) is 0.206. The topological polar surface area (TPSA) is 122 Å². The highest BCUT2D eigenvalue weighted by Crippen LogP contribution is 2.45. The first kappa shape index (κ1) is 18.4. The summed E-state index contributed by atoms with van der Waals surface area (Å²) in [5.74, 6) is -1.34. The molecule has 8 nitrogen and oxygen atoms in total. The lowest BCUT2D eigenvalue weighted by atomic mass is 10.1. The first-order valence-electron chi connectivity index (χ1n) is 7.41. The number of methoxy groups -OCH3 is 1. The summed E-state index contributed by atoms with van der Waals surface area (Å²) >= 11 is 0. The van der Waals surface area contributed by atoms with Gasteiger partial charge in [-0.25, -0.2) is 13.1 Å². The van der Waals surface area contributed by atoms with E-state index in [4.69, 9.17) is 9.84 Å². The number of ether oxygens (including phenoxy) is 1. The third-order valence-electron chi connectivity index (χ3n) is 3.92. The summed E-state index contributed by atoms with van der Waals surface area (Å²) in [5, 5.41) is 11.6. The molecule has 0 spiro atoms. The molecule has 0 unspecified atom stereocenters. The molecule has 3 N–H and O–H groups in total. The Morgan fingerprint density at radius 3 is 2.38 bits per heavy atom. The zero-order chi connectivity index (χ0) is 17.8. The van der Waals surface area contributed by atoms with Crippen LogP contribution in [0.25, 0.3) is 0 Å². The maximum atomic E-state index is 12.0. The number of nitrogens with one attached hydrogen (secondary N) is 2. The highest BCUT2D eigenvalue weighted by Gasteiger charge is 2.50. The van der Waals surface area contributed by atoms with Crippen LogP contribution in [-0.2, 0) is 19.6 Å². The molecule has 1 amide bonds. The van der Waals surface area contributed by atoms with E-state index in [1.54, 1.807) is 0 Å². The summed E-state index contributed by atoms with van der Waals surface area (Å²) in [6.45, 7) is 0.475. The minimum atomic E-state index is -3.65. The molecule has 0 saturated heterocycles. The predicted molar refractivity (Wildman–Crippen MR) is 85.1 cm³/mol. The van der Waals surface area contributed by atoms with E-state index in [2.05, 4.69) is 10.0 Å². The van der Waals surface area contributed by atoms with Crippen LogP contribution < -0.4 is 10.0 Å². The van der Waals surface area contributed by atoms with Crippen molar-refractivity contribution in [1.82, 2.24) is 10.0 Å². The fraction of sp³-hybridized carbons (Fsp3) is 0.467. The van der Waals surface area contributed by atoms with E-state index < -0.39 is 27.3 Å². The second kappa shape index (κ2) is 7.29. The van der Waals surface area contributed by atoms with Gasteiger partial charge in [-0.1, -0.05) is 0 Å². The third kappa shape index (κ3) is 4.31. The Hall–Kier alpha value is -1.97. The van der Waals surface area contributed by atoms with Gasteiger partial charge in [0.2, 0.25) is 10.0 Å². The second-order valence-corrected chi connectivity index (χ2v) is 7.45. The number of benzene rings is 1. The van der Waals surface area contributed by atoms with Gasteiger partial charge in [-0.3, -0.25) is 9.59 Å². The molecular weight excluding hydrogens is 336 g/mol. The molecule has 132 valence electrons. The van der Waals surface area contributed by atoms with Crippen molar-refractivity contribution < 1.29 is 27.9 Å². The number of rotatable bonds is 9. The highest BCUT2D eigenvalue weighted by atomic mass is 32.2. The largest absolute Gasteiger partial charge is 0.481 e. The van der Waals surface area contributed by atoms with Crippen molar-refractivity contribution in [2.24, 2.45) is 5.41 Å². The van der Waals surface area contributed by atoms with Crippen LogP contribution in [0.4, 0.5) is 0 Å². The van der Waals surface area contributed by atoms with Crippen molar-refractivity contribution in [3.05, 3.63) is 29.8 Å². The number of carboxylic acids is 1. The molecule has 9 heteroatoms. The molecule has 1 fully saturated rings. The summed E-state index contributed by atoms with van der Waals surface area (Å²) < 4.78 is 31.1. The molecule has 1 aromatic carbocycles. The van der Waals surface area contributed by atoms with E-state index in [9.17, 15) is 18.0 Å². The van der Waals surface area contributed by atoms with Crippen molar-refractivity contribution in [1.29, 1.82) is 0 Å². The van der Waals surface area contributed by atoms with Crippen molar-refractivity contribution in [3.63, 3.8) is 0 Å². The standard InChI is InChI=1S/C15H20N2O6S/c1-23-9-8-17-24(21,22)12-4-2-11(3-5-12)13(18)16-10-15(6-7-15)14(19)20/h2-5,17H,6-10H2,1H3,(H,16,18)(H,19,20). The lowest BCUT2D eigenvalue weighted by molar-refractivity contribution is -0.143. The Kier molecular flexibility index (Phi) is 5.58. The van der Waals surface area contributed by atoms with E-state index in [1.807, 2.05) is 0 Å². The van der Waals surface area contributed by atoms with Gasteiger partial charge in [0, 0.05) is 25.8 Å². The van der Waals surface area contributed by atoms with Gasteiger partial charge in [0.15, 0.2) is 0 Å². The quantitative estimate of drug-likeness (QED) is 0.544. The van der Waals surface area contributed by atoms with Crippen LogP contribution in [0.15, 0.2) is 29.2 Å². The van der Waals surface area contributed by atoms with Gasteiger partial charge in [0.25, 0.3) is 5.91 Å². The van der Waals surface area contributed by atoms with Gasteiger partial charge in [-0.15, -0.1) is 0 Å². The number of sulfonamides is 1. The van der Waals surface area contributed by atoms with Gasteiger partial charge in [-0.05, 0) is 37.1 Å². The molecule has 1 aliphatic rings. The number of aliphatic carboxylic acids is 1. The first-order valence-corrected chi connectivity index (χ1v) is 8.89. The molecule has 0 aliphatic heterocycles. The Balaban J connectivity index is 1.96. The summed E-state index contributed by atoms with van der Waals surface area (Å²) in [5.41, 5.74) is -0.573. The number of carboxylic acid groups (broad SMARTS) is 1. The highest BCUT2D eigenvalue weighted by molar-refractivity contribution is 7.89. The minimum Gasteiger partial charge on any atom is -0.481 e. The lowest BCUT2D eigenvalue weighted by Gasteiger charge is -2.11. The maximum absolute atomic E-state index is 12.0. The number of carbonyl (C=O) groups is 2. The molecule has 0 atom stereocenters. The number of hydrogen-bond donors (Lipinski definition) is 3. The summed E-state index contributed by atoms with van der Waals surface area (Å²) in [6.07, 6.45) is 1.10.